The Hall–Kier alpha value is -1.58. The maximum atomic E-state index is 11.8. The van der Waals surface area contributed by atoms with Crippen molar-refractivity contribution in [3.63, 3.8) is 0 Å². The summed E-state index contributed by atoms with van der Waals surface area (Å²) in [5.74, 6) is -0.356. The van der Waals surface area contributed by atoms with Crippen molar-refractivity contribution in [3.8, 4) is 0 Å². The van der Waals surface area contributed by atoms with E-state index in [9.17, 15) is 9.59 Å². The third-order valence-electron chi connectivity index (χ3n) is 2.20. The molecule has 1 atom stereocenters. The van der Waals surface area contributed by atoms with E-state index in [4.69, 9.17) is 4.74 Å². The second kappa shape index (κ2) is 5.49. The highest BCUT2D eigenvalue weighted by Crippen LogP contribution is 2.11. The van der Waals surface area contributed by atoms with Gasteiger partial charge in [-0.3, -0.25) is 4.79 Å². The molecule has 16 heavy (non-hydrogen) atoms. The van der Waals surface area contributed by atoms with E-state index >= 15 is 0 Å². The fourth-order valence-electron chi connectivity index (χ4n) is 1.49. The molecular formula is C12H17NO3. The Balaban J connectivity index is 2.95. The standard InChI is InChI=1S/C12H17NO3/c1-4-10(12(15)16-9(2)3)13-8-6-5-7-11(13)14/h5-10H,4H2,1-3H3. The number of nitrogens with zero attached hydrogens (tertiary/aromatic N) is 1. The molecule has 0 fully saturated rings. The molecule has 4 heteroatoms. The molecule has 1 heterocycles. The molecule has 0 aliphatic carbocycles. The molecule has 4 nitrogen and oxygen atoms in total. The van der Waals surface area contributed by atoms with Gasteiger partial charge in [-0.15, -0.1) is 0 Å². The van der Waals surface area contributed by atoms with E-state index in [0.717, 1.165) is 0 Å². The number of ether oxygens (including phenoxy) is 1. The molecule has 0 amide bonds. The first-order valence-corrected chi connectivity index (χ1v) is 5.44. The van der Waals surface area contributed by atoms with Crippen molar-refractivity contribution in [1.29, 1.82) is 0 Å². The van der Waals surface area contributed by atoms with Gasteiger partial charge in [0.25, 0.3) is 5.56 Å². The van der Waals surface area contributed by atoms with Gasteiger partial charge in [-0.2, -0.15) is 0 Å². The average molecular weight is 223 g/mol. The largest absolute Gasteiger partial charge is 0.461 e. The maximum Gasteiger partial charge on any atom is 0.329 e. The van der Waals surface area contributed by atoms with Crippen LogP contribution in [0.15, 0.2) is 29.2 Å². The highest BCUT2D eigenvalue weighted by Gasteiger charge is 2.21. The van der Waals surface area contributed by atoms with Crippen LogP contribution in [0, 0.1) is 0 Å². The van der Waals surface area contributed by atoms with Crippen LogP contribution in [-0.2, 0) is 9.53 Å². The first-order valence-electron chi connectivity index (χ1n) is 5.44. The molecule has 0 aliphatic heterocycles. The molecule has 0 saturated carbocycles. The van der Waals surface area contributed by atoms with Gasteiger partial charge in [0.05, 0.1) is 6.10 Å². The second-order valence-electron chi connectivity index (χ2n) is 3.86. The van der Waals surface area contributed by atoms with Crippen molar-refractivity contribution in [2.75, 3.05) is 0 Å². The van der Waals surface area contributed by atoms with Crippen LogP contribution in [0.4, 0.5) is 0 Å². The van der Waals surface area contributed by atoms with Crippen molar-refractivity contribution in [3.05, 3.63) is 34.7 Å². The van der Waals surface area contributed by atoms with Gasteiger partial charge in [0, 0.05) is 12.3 Å². The SMILES string of the molecule is CCC(C(=O)OC(C)C)n1ccccc1=O. The normalized spacial score (nSPS) is 12.5. The first kappa shape index (κ1) is 12.5. The zero-order chi connectivity index (χ0) is 12.1. The Labute approximate surface area is 94.9 Å². The van der Waals surface area contributed by atoms with Crippen LogP contribution in [0.25, 0.3) is 0 Å². The van der Waals surface area contributed by atoms with Crippen LogP contribution in [0.2, 0.25) is 0 Å². The number of pyridine rings is 1. The van der Waals surface area contributed by atoms with Gasteiger partial charge in [-0.25, -0.2) is 4.79 Å². The third-order valence-corrected chi connectivity index (χ3v) is 2.20. The van der Waals surface area contributed by atoms with E-state index in [2.05, 4.69) is 0 Å². The quantitative estimate of drug-likeness (QED) is 0.731. The summed E-state index contributed by atoms with van der Waals surface area (Å²) in [6.07, 6.45) is 1.98. The van der Waals surface area contributed by atoms with Gasteiger partial charge in [0.15, 0.2) is 0 Å². The van der Waals surface area contributed by atoms with Crippen molar-refractivity contribution < 1.29 is 9.53 Å². The van der Waals surface area contributed by atoms with Crippen molar-refractivity contribution >= 4 is 5.97 Å². The Morgan fingerprint density at radius 1 is 1.44 bits per heavy atom. The predicted molar refractivity (Wildman–Crippen MR) is 61.3 cm³/mol. The van der Waals surface area contributed by atoms with E-state index < -0.39 is 6.04 Å². The highest BCUT2D eigenvalue weighted by molar-refractivity contribution is 5.74. The Bertz CT molecular complexity index is 409. The van der Waals surface area contributed by atoms with Crippen LogP contribution in [0.5, 0.6) is 0 Å². The zero-order valence-corrected chi connectivity index (χ0v) is 9.84. The minimum absolute atomic E-state index is 0.166. The molecule has 1 rings (SSSR count). The lowest BCUT2D eigenvalue weighted by Gasteiger charge is -2.18. The van der Waals surface area contributed by atoms with E-state index in [1.165, 1.54) is 10.6 Å². The summed E-state index contributed by atoms with van der Waals surface area (Å²) in [4.78, 5) is 23.3. The van der Waals surface area contributed by atoms with Gasteiger partial charge in [0.1, 0.15) is 6.04 Å². The van der Waals surface area contributed by atoms with Crippen LogP contribution in [0.3, 0.4) is 0 Å². The number of carbonyl (C=O) groups excluding carboxylic acids is 1. The average Bonchev–Trinajstić information content (AvgIpc) is 2.20. The van der Waals surface area contributed by atoms with E-state index in [0.29, 0.717) is 6.42 Å². The Kier molecular flexibility index (Phi) is 4.28. The van der Waals surface area contributed by atoms with Crippen LogP contribution < -0.4 is 5.56 Å². The fourth-order valence-corrected chi connectivity index (χ4v) is 1.49. The minimum Gasteiger partial charge on any atom is -0.461 e. The number of aromatic nitrogens is 1. The Morgan fingerprint density at radius 3 is 2.62 bits per heavy atom. The van der Waals surface area contributed by atoms with E-state index in [1.807, 2.05) is 6.92 Å². The van der Waals surface area contributed by atoms with Gasteiger partial charge in [-0.05, 0) is 26.3 Å². The lowest BCUT2D eigenvalue weighted by atomic mass is 10.2. The second-order valence-corrected chi connectivity index (χ2v) is 3.86. The molecule has 0 saturated heterocycles. The van der Waals surface area contributed by atoms with E-state index in [1.54, 1.807) is 32.2 Å². The number of hydrogen-bond acceptors (Lipinski definition) is 3. The topological polar surface area (TPSA) is 48.3 Å². The third kappa shape index (κ3) is 2.95. The van der Waals surface area contributed by atoms with Gasteiger partial charge >= 0.3 is 5.97 Å². The molecule has 0 bridgehead atoms. The molecular weight excluding hydrogens is 206 g/mol. The Morgan fingerprint density at radius 2 is 2.12 bits per heavy atom. The maximum absolute atomic E-state index is 11.8. The van der Waals surface area contributed by atoms with Gasteiger partial charge in [0.2, 0.25) is 0 Å². The predicted octanol–water partition coefficient (Wildman–Crippen LogP) is 1.75. The molecule has 88 valence electrons. The van der Waals surface area contributed by atoms with Crippen LogP contribution >= 0.6 is 0 Å². The highest BCUT2D eigenvalue weighted by atomic mass is 16.5. The minimum atomic E-state index is -0.531. The van der Waals surface area contributed by atoms with Gasteiger partial charge in [-0.1, -0.05) is 13.0 Å². The molecule has 0 aliphatic rings. The molecule has 0 aromatic carbocycles. The van der Waals surface area contributed by atoms with Crippen molar-refractivity contribution in [1.82, 2.24) is 4.57 Å². The van der Waals surface area contributed by atoms with Crippen LogP contribution in [0.1, 0.15) is 33.2 Å². The molecule has 1 aromatic rings. The molecule has 1 aromatic heterocycles. The molecule has 0 N–H and O–H groups in total. The molecule has 1 unspecified atom stereocenters. The monoisotopic (exact) mass is 223 g/mol. The van der Waals surface area contributed by atoms with E-state index in [-0.39, 0.29) is 17.6 Å². The summed E-state index contributed by atoms with van der Waals surface area (Å²) >= 11 is 0. The summed E-state index contributed by atoms with van der Waals surface area (Å²) in [7, 11) is 0. The lowest BCUT2D eigenvalue weighted by molar-refractivity contribution is -0.151. The number of rotatable bonds is 4. The van der Waals surface area contributed by atoms with Crippen LogP contribution in [-0.4, -0.2) is 16.6 Å². The van der Waals surface area contributed by atoms with Gasteiger partial charge < -0.3 is 9.30 Å². The first-order chi connectivity index (χ1) is 7.56. The van der Waals surface area contributed by atoms with Crippen molar-refractivity contribution in [2.24, 2.45) is 0 Å². The summed E-state index contributed by atoms with van der Waals surface area (Å²) in [5.41, 5.74) is -0.185. The smallest absolute Gasteiger partial charge is 0.329 e. The number of esters is 1. The summed E-state index contributed by atoms with van der Waals surface area (Å²) in [6, 6.07) is 4.29. The molecule has 0 spiro atoms. The lowest BCUT2D eigenvalue weighted by Crippen LogP contribution is -2.30. The number of carbonyl (C=O) groups is 1. The summed E-state index contributed by atoms with van der Waals surface area (Å²) in [5, 5.41) is 0. The van der Waals surface area contributed by atoms with Crippen molar-refractivity contribution in [2.45, 2.75) is 39.3 Å². The summed E-state index contributed by atoms with van der Waals surface area (Å²) < 4.78 is 6.52. The number of hydrogen-bond donors (Lipinski definition) is 0. The fraction of sp³-hybridized carbons (Fsp3) is 0.500. The summed E-state index contributed by atoms with van der Waals surface area (Å²) in [6.45, 7) is 5.43. The zero-order valence-electron chi connectivity index (χ0n) is 9.84. The molecule has 0 radical (unpaired) electrons.